The van der Waals surface area contributed by atoms with E-state index in [4.69, 9.17) is 14.2 Å². The Hall–Kier alpha value is -2.68. The van der Waals surface area contributed by atoms with E-state index in [0.717, 1.165) is 17.0 Å². The van der Waals surface area contributed by atoms with E-state index in [9.17, 15) is 9.59 Å². The number of carbonyl (C=O) groups is 2. The lowest BCUT2D eigenvalue weighted by molar-refractivity contribution is -0.147. The van der Waals surface area contributed by atoms with Gasteiger partial charge < -0.3 is 19.5 Å². The van der Waals surface area contributed by atoms with E-state index < -0.39 is 11.5 Å². The van der Waals surface area contributed by atoms with Crippen LogP contribution in [0.25, 0.3) is 0 Å². The van der Waals surface area contributed by atoms with Crippen molar-refractivity contribution in [2.45, 2.75) is 38.7 Å². The number of rotatable bonds is 7. The van der Waals surface area contributed by atoms with Crippen molar-refractivity contribution < 1.29 is 23.8 Å². The van der Waals surface area contributed by atoms with Crippen LogP contribution in [0.4, 0.5) is 5.13 Å². The SMILES string of the molecule is COc1ccc(CCc2nnc(NC(=O)[C@H]3CC(=O)OC3(C)C)s2)cc1OC. The number of aromatic nitrogens is 2. The molecule has 1 atom stereocenters. The summed E-state index contributed by atoms with van der Waals surface area (Å²) in [6.45, 7) is 3.47. The predicted molar refractivity (Wildman–Crippen MR) is 104 cm³/mol. The number of methoxy groups -OCH3 is 2. The zero-order valence-electron chi connectivity index (χ0n) is 16.3. The Morgan fingerprint density at radius 1 is 1.25 bits per heavy atom. The molecule has 1 aliphatic heterocycles. The molecule has 0 aliphatic carbocycles. The molecular formula is C19H23N3O5S. The third-order valence-electron chi connectivity index (χ3n) is 4.68. The van der Waals surface area contributed by atoms with Gasteiger partial charge in [-0.05, 0) is 38.0 Å². The Kier molecular flexibility index (Phi) is 5.83. The number of benzene rings is 1. The van der Waals surface area contributed by atoms with E-state index in [0.29, 0.717) is 23.1 Å². The van der Waals surface area contributed by atoms with Crippen LogP contribution in [-0.2, 0) is 27.2 Å². The van der Waals surface area contributed by atoms with Gasteiger partial charge in [0.2, 0.25) is 11.0 Å². The minimum atomic E-state index is -0.817. The van der Waals surface area contributed by atoms with Gasteiger partial charge in [-0.1, -0.05) is 17.4 Å². The molecule has 8 nitrogen and oxygen atoms in total. The maximum Gasteiger partial charge on any atom is 0.307 e. The summed E-state index contributed by atoms with van der Waals surface area (Å²) in [6.07, 6.45) is 1.50. The zero-order valence-corrected chi connectivity index (χ0v) is 17.1. The second kappa shape index (κ2) is 8.14. The van der Waals surface area contributed by atoms with E-state index in [1.54, 1.807) is 28.1 Å². The van der Waals surface area contributed by atoms with Crippen LogP contribution >= 0.6 is 11.3 Å². The number of amides is 1. The Bertz CT molecular complexity index is 880. The number of esters is 1. The normalized spacial score (nSPS) is 17.9. The summed E-state index contributed by atoms with van der Waals surface area (Å²) in [7, 11) is 3.20. The van der Waals surface area contributed by atoms with E-state index in [-0.39, 0.29) is 18.3 Å². The molecule has 1 fully saturated rings. The average molecular weight is 405 g/mol. The number of aryl methyl sites for hydroxylation is 2. The molecule has 2 aromatic rings. The van der Waals surface area contributed by atoms with Crippen LogP contribution in [0, 0.1) is 5.92 Å². The first-order valence-electron chi connectivity index (χ1n) is 8.88. The molecule has 1 amide bonds. The molecule has 1 aromatic carbocycles. The number of cyclic esters (lactones) is 1. The Morgan fingerprint density at radius 2 is 2.00 bits per heavy atom. The van der Waals surface area contributed by atoms with Crippen LogP contribution in [0.1, 0.15) is 30.8 Å². The average Bonchev–Trinajstić information content (AvgIpc) is 3.21. The minimum Gasteiger partial charge on any atom is -0.493 e. The standard InChI is InChI=1S/C19H23N3O5S/c1-19(2)12(10-16(23)27-19)17(24)20-18-22-21-15(28-18)8-6-11-5-7-13(25-3)14(9-11)26-4/h5,7,9,12H,6,8,10H2,1-4H3,(H,20,22,24)/t12-/m1/s1. The number of hydrogen-bond acceptors (Lipinski definition) is 8. The maximum atomic E-state index is 12.5. The highest BCUT2D eigenvalue weighted by Gasteiger charge is 2.46. The van der Waals surface area contributed by atoms with Gasteiger partial charge in [-0.15, -0.1) is 10.2 Å². The number of hydrogen-bond donors (Lipinski definition) is 1. The molecule has 0 saturated carbocycles. The number of carbonyl (C=O) groups excluding carboxylic acids is 2. The molecule has 0 unspecified atom stereocenters. The van der Waals surface area contributed by atoms with Gasteiger partial charge in [-0.2, -0.15) is 0 Å². The van der Waals surface area contributed by atoms with Crippen molar-refractivity contribution in [3.8, 4) is 11.5 Å². The maximum absolute atomic E-state index is 12.5. The summed E-state index contributed by atoms with van der Waals surface area (Å²) < 4.78 is 15.8. The van der Waals surface area contributed by atoms with Crippen molar-refractivity contribution in [3.05, 3.63) is 28.8 Å². The van der Waals surface area contributed by atoms with Gasteiger partial charge in [0.1, 0.15) is 10.6 Å². The van der Waals surface area contributed by atoms with Gasteiger partial charge in [0.15, 0.2) is 11.5 Å². The zero-order chi connectivity index (χ0) is 20.3. The first-order chi connectivity index (χ1) is 13.3. The Labute approximate surface area is 167 Å². The van der Waals surface area contributed by atoms with Crippen molar-refractivity contribution in [1.82, 2.24) is 10.2 Å². The first-order valence-corrected chi connectivity index (χ1v) is 9.70. The second-order valence-electron chi connectivity index (χ2n) is 7.01. The van der Waals surface area contributed by atoms with E-state index in [2.05, 4.69) is 15.5 Å². The highest BCUT2D eigenvalue weighted by molar-refractivity contribution is 7.15. The molecule has 1 aromatic heterocycles. The van der Waals surface area contributed by atoms with Crippen molar-refractivity contribution in [2.75, 3.05) is 19.5 Å². The van der Waals surface area contributed by atoms with Crippen LogP contribution in [0.5, 0.6) is 11.5 Å². The molecule has 0 spiro atoms. The molecule has 28 heavy (non-hydrogen) atoms. The lowest BCUT2D eigenvalue weighted by atomic mass is 9.90. The van der Waals surface area contributed by atoms with Crippen LogP contribution < -0.4 is 14.8 Å². The van der Waals surface area contributed by atoms with Crippen LogP contribution in [0.2, 0.25) is 0 Å². The summed E-state index contributed by atoms with van der Waals surface area (Å²) in [5.74, 6) is 0.182. The third-order valence-corrected chi connectivity index (χ3v) is 5.57. The Balaban J connectivity index is 1.59. The van der Waals surface area contributed by atoms with Crippen LogP contribution in [-0.4, -0.2) is 41.9 Å². The van der Waals surface area contributed by atoms with E-state index in [1.165, 1.54) is 11.3 Å². The van der Waals surface area contributed by atoms with Gasteiger partial charge in [0.05, 0.1) is 26.6 Å². The highest BCUT2D eigenvalue weighted by Crippen LogP contribution is 2.33. The molecule has 2 heterocycles. The topological polar surface area (TPSA) is 99.6 Å². The molecule has 1 N–H and O–H groups in total. The third kappa shape index (κ3) is 4.41. The Morgan fingerprint density at radius 3 is 2.64 bits per heavy atom. The predicted octanol–water partition coefficient (Wildman–Crippen LogP) is 2.62. The second-order valence-corrected chi connectivity index (χ2v) is 8.08. The smallest absolute Gasteiger partial charge is 0.307 e. The molecule has 3 rings (SSSR count). The number of anilines is 1. The molecular weight excluding hydrogens is 382 g/mol. The van der Waals surface area contributed by atoms with Crippen molar-refractivity contribution in [2.24, 2.45) is 5.92 Å². The van der Waals surface area contributed by atoms with E-state index >= 15 is 0 Å². The number of ether oxygens (including phenoxy) is 3. The van der Waals surface area contributed by atoms with Crippen molar-refractivity contribution in [1.29, 1.82) is 0 Å². The van der Waals surface area contributed by atoms with Crippen molar-refractivity contribution in [3.63, 3.8) is 0 Å². The monoisotopic (exact) mass is 405 g/mol. The van der Waals surface area contributed by atoms with Crippen LogP contribution in [0.3, 0.4) is 0 Å². The molecule has 1 saturated heterocycles. The number of nitrogens with one attached hydrogen (secondary N) is 1. The largest absolute Gasteiger partial charge is 0.493 e. The summed E-state index contributed by atoms with van der Waals surface area (Å²) >= 11 is 1.32. The molecule has 1 aliphatic rings. The molecule has 150 valence electrons. The van der Waals surface area contributed by atoms with Gasteiger partial charge in [0, 0.05) is 6.42 Å². The fraction of sp³-hybridized carbons (Fsp3) is 0.474. The van der Waals surface area contributed by atoms with Gasteiger partial charge in [0.25, 0.3) is 0 Å². The summed E-state index contributed by atoms with van der Waals surface area (Å²) in [5.41, 5.74) is 0.268. The first kappa shape index (κ1) is 20.1. The highest BCUT2D eigenvalue weighted by atomic mass is 32.1. The summed E-state index contributed by atoms with van der Waals surface area (Å²) in [6, 6.07) is 5.78. The molecule has 9 heteroatoms. The lowest BCUT2D eigenvalue weighted by Crippen LogP contribution is -2.36. The summed E-state index contributed by atoms with van der Waals surface area (Å²) in [4.78, 5) is 24.0. The van der Waals surface area contributed by atoms with E-state index in [1.807, 2.05) is 18.2 Å². The van der Waals surface area contributed by atoms with Gasteiger partial charge >= 0.3 is 5.97 Å². The molecule has 0 radical (unpaired) electrons. The number of nitrogens with zero attached hydrogens (tertiary/aromatic N) is 2. The quantitative estimate of drug-likeness (QED) is 0.707. The molecule has 0 bridgehead atoms. The fourth-order valence-corrected chi connectivity index (χ4v) is 3.85. The van der Waals surface area contributed by atoms with Gasteiger partial charge in [-0.3, -0.25) is 9.59 Å². The van der Waals surface area contributed by atoms with Crippen LogP contribution in [0.15, 0.2) is 18.2 Å². The lowest BCUT2D eigenvalue weighted by Gasteiger charge is -2.23. The van der Waals surface area contributed by atoms with Crippen molar-refractivity contribution >= 4 is 28.3 Å². The summed E-state index contributed by atoms with van der Waals surface area (Å²) in [5, 5.41) is 12.1. The fourth-order valence-electron chi connectivity index (χ4n) is 3.11. The van der Waals surface area contributed by atoms with Gasteiger partial charge in [-0.25, -0.2) is 0 Å². The minimum absolute atomic E-state index is 0.0732.